The Hall–Kier alpha value is 0.110. The number of hydrogen-bond acceptors (Lipinski definition) is 2. The fraction of sp³-hybridized carbons (Fsp3) is 1.00. The summed E-state index contributed by atoms with van der Waals surface area (Å²) < 4.78 is 11.6. The SMILES string of the molecule is CC1CNC(C2CC2C)CS(=O)C1. The summed E-state index contributed by atoms with van der Waals surface area (Å²) in [5.74, 6) is 4.04. The first-order valence-corrected chi connectivity index (χ1v) is 6.74. The number of rotatable bonds is 1. The van der Waals surface area contributed by atoms with Crippen molar-refractivity contribution < 1.29 is 4.21 Å². The van der Waals surface area contributed by atoms with E-state index in [0.29, 0.717) is 12.0 Å². The molecule has 76 valence electrons. The van der Waals surface area contributed by atoms with Crippen LogP contribution < -0.4 is 5.32 Å². The van der Waals surface area contributed by atoms with Crippen molar-refractivity contribution in [2.45, 2.75) is 26.3 Å². The van der Waals surface area contributed by atoms with Gasteiger partial charge in [0.2, 0.25) is 0 Å². The van der Waals surface area contributed by atoms with Crippen LogP contribution in [-0.4, -0.2) is 28.3 Å². The largest absolute Gasteiger partial charge is 0.312 e. The fourth-order valence-corrected chi connectivity index (χ4v) is 3.90. The predicted octanol–water partition coefficient (Wildman–Crippen LogP) is 0.999. The Kier molecular flexibility index (Phi) is 2.75. The van der Waals surface area contributed by atoms with E-state index >= 15 is 0 Å². The summed E-state index contributed by atoms with van der Waals surface area (Å²) in [5.41, 5.74) is 0. The van der Waals surface area contributed by atoms with Crippen molar-refractivity contribution >= 4 is 10.8 Å². The third-order valence-corrected chi connectivity index (χ3v) is 4.92. The van der Waals surface area contributed by atoms with Gasteiger partial charge in [0.15, 0.2) is 0 Å². The van der Waals surface area contributed by atoms with Crippen molar-refractivity contribution in [1.29, 1.82) is 0 Å². The van der Waals surface area contributed by atoms with E-state index in [1.165, 1.54) is 6.42 Å². The van der Waals surface area contributed by atoms with Crippen molar-refractivity contribution in [3.8, 4) is 0 Å². The molecule has 1 saturated carbocycles. The van der Waals surface area contributed by atoms with Gasteiger partial charge in [-0.05, 0) is 30.7 Å². The standard InChI is InChI=1S/C10H19NOS/c1-7-4-11-10(6-13(12)5-7)9-3-8(9)2/h7-11H,3-6H2,1-2H3. The molecule has 2 nitrogen and oxygen atoms in total. The highest BCUT2D eigenvalue weighted by molar-refractivity contribution is 7.85. The maximum atomic E-state index is 11.6. The van der Waals surface area contributed by atoms with Crippen LogP contribution in [0.4, 0.5) is 0 Å². The van der Waals surface area contributed by atoms with Crippen molar-refractivity contribution in [2.75, 3.05) is 18.1 Å². The average molecular weight is 201 g/mol. The fourth-order valence-electron chi connectivity index (χ4n) is 2.24. The van der Waals surface area contributed by atoms with E-state index in [2.05, 4.69) is 19.2 Å². The molecule has 1 heterocycles. The molecular weight excluding hydrogens is 182 g/mol. The first-order chi connectivity index (χ1) is 6.16. The summed E-state index contributed by atoms with van der Waals surface area (Å²) in [5, 5.41) is 3.56. The second-order valence-electron chi connectivity index (χ2n) is 4.77. The van der Waals surface area contributed by atoms with E-state index in [-0.39, 0.29) is 0 Å². The molecule has 0 amide bonds. The first-order valence-electron chi connectivity index (χ1n) is 5.25. The molecule has 1 N–H and O–H groups in total. The van der Waals surface area contributed by atoms with Crippen LogP contribution in [0.2, 0.25) is 0 Å². The lowest BCUT2D eigenvalue weighted by atomic mass is 10.1. The minimum atomic E-state index is -0.576. The highest BCUT2D eigenvalue weighted by Crippen LogP contribution is 2.41. The second-order valence-corrected chi connectivity index (χ2v) is 6.32. The molecule has 5 unspecified atom stereocenters. The lowest BCUT2D eigenvalue weighted by Crippen LogP contribution is -2.35. The van der Waals surface area contributed by atoms with Crippen LogP contribution in [0.5, 0.6) is 0 Å². The van der Waals surface area contributed by atoms with E-state index < -0.39 is 10.8 Å². The molecule has 3 heteroatoms. The molecule has 1 aliphatic heterocycles. The van der Waals surface area contributed by atoms with Gasteiger partial charge in [-0.15, -0.1) is 0 Å². The molecule has 0 radical (unpaired) electrons. The van der Waals surface area contributed by atoms with Crippen molar-refractivity contribution in [3.05, 3.63) is 0 Å². The molecule has 5 atom stereocenters. The third kappa shape index (κ3) is 2.32. The van der Waals surface area contributed by atoms with Gasteiger partial charge in [0, 0.05) is 28.3 Å². The Labute approximate surface area is 82.9 Å². The highest BCUT2D eigenvalue weighted by Gasteiger charge is 2.40. The average Bonchev–Trinajstić information content (AvgIpc) is 2.76. The summed E-state index contributed by atoms with van der Waals surface area (Å²) in [6, 6.07) is 0.542. The summed E-state index contributed by atoms with van der Waals surface area (Å²) >= 11 is 0. The number of nitrogens with one attached hydrogen (secondary N) is 1. The van der Waals surface area contributed by atoms with Gasteiger partial charge in [-0.2, -0.15) is 0 Å². The van der Waals surface area contributed by atoms with Gasteiger partial charge in [0.05, 0.1) is 0 Å². The van der Waals surface area contributed by atoms with Crippen LogP contribution in [0.25, 0.3) is 0 Å². The quantitative estimate of drug-likeness (QED) is 0.686. The van der Waals surface area contributed by atoms with Crippen molar-refractivity contribution in [1.82, 2.24) is 5.32 Å². The molecule has 0 aromatic carbocycles. The smallest absolute Gasteiger partial charge is 0.0391 e. The van der Waals surface area contributed by atoms with Gasteiger partial charge < -0.3 is 5.32 Å². The highest BCUT2D eigenvalue weighted by atomic mass is 32.2. The van der Waals surface area contributed by atoms with E-state index in [1.807, 2.05) is 0 Å². The Morgan fingerprint density at radius 3 is 2.62 bits per heavy atom. The Bertz CT molecular complexity index is 219. The molecule has 2 aliphatic rings. The number of hydrogen-bond donors (Lipinski definition) is 1. The zero-order valence-electron chi connectivity index (χ0n) is 8.45. The lowest BCUT2D eigenvalue weighted by Gasteiger charge is -2.14. The van der Waals surface area contributed by atoms with Crippen molar-refractivity contribution in [2.24, 2.45) is 17.8 Å². The zero-order valence-corrected chi connectivity index (χ0v) is 9.27. The summed E-state index contributed by atoms with van der Waals surface area (Å²) in [7, 11) is -0.576. The maximum absolute atomic E-state index is 11.6. The Morgan fingerprint density at radius 2 is 2.00 bits per heavy atom. The minimum absolute atomic E-state index is 0.542. The molecule has 1 aliphatic carbocycles. The normalized spacial score (nSPS) is 51.4. The Balaban J connectivity index is 1.93. The summed E-state index contributed by atoms with van der Waals surface area (Å²) in [4.78, 5) is 0. The zero-order chi connectivity index (χ0) is 9.42. The summed E-state index contributed by atoms with van der Waals surface area (Å²) in [6.45, 7) is 5.53. The van der Waals surface area contributed by atoms with Crippen LogP contribution >= 0.6 is 0 Å². The Morgan fingerprint density at radius 1 is 1.31 bits per heavy atom. The van der Waals surface area contributed by atoms with Crippen LogP contribution in [0, 0.1) is 17.8 Å². The molecule has 2 fully saturated rings. The van der Waals surface area contributed by atoms with E-state index in [0.717, 1.165) is 29.9 Å². The van der Waals surface area contributed by atoms with Gasteiger partial charge in [-0.3, -0.25) is 4.21 Å². The first kappa shape index (κ1) is 9.66. The van der Waals surface area contributed by atoms with Gasteiger partial charge in [-0.25, -0.2) is 0 Å². The van der Waals surface area contributed by atoms with Gasteiger partial charge in [-0.1, -0.05) is 13.8 Å². The molecular formula is C10H19NOS. The van der Waals surface area contributed by atoms with Crippen molar-refractivity contribution in [3.63, 3.8) is 0 Å². The predicted molar refractivity (Wildman–Crippen MR) is 56.1 cm³/mol. The topological polar surface area (TPSA) is 29.1 Å². The van der Waals surface area contributed by atoms with E-state index in [1.54, 1.807) is 0 Å². The van der Waals surface area contributed by atoms with Gasteiger partial charge in [0.1, 0.15) is 0 Å². The van der Waals surface area contributed by atoms with Crippen LogP contribution in [0.15, 0.2) is 0 Å². The minimum Gasteiger partial charge on any atom is -0.312 e. The molecule has 0 aromatic rings. The van der Waals surface area contributed by atoms with Gasteiger partial charge in [0.25, 0.3) is 0 Å². The second kappa shape index (κ2) is 3.70. The summed E-state index contributed by atoms with van der Waals surface area (Å²) in [6.07, 6.45) is 1.34. The third-order valence-electron chi connectivity index (χ3n) is 3.25. The van der Waals surface area contributed by atoms with E-state index in [9.17, 15) is 4.21 Å². The molecule has 2 rings (SSSR count). The van der Waals surface area contributed by atoms with Crippen LogP contribution in [0.3, 0.4) is 0 Å². The molecule has 0 aromatic heterocycles. The molecule has 0 spiro atoms. The maximum Gasteiger partial charge on any atom is 0.0391 e. The lowest BCUT2D eigenvalue weighted by molar-refractivity contribution is 0.456. The molecule has 1 saturated heterocycles. The molecule has 13 heavy (non-hydrogen) atoms. The van der Waals surface area contributed by atoms with E-state index in [4.69, 9.17) is 0 Å². The molecule has 0 bridgehead atoms. The van der Waals surface area contributed by atoms with Crippen LogP contribution in [-0.2, 0) is 10.8 Å². The van der Waals surface area contributed by atoms with Gasteiger partial charge >= 0.3 is 0 Å². The van der Waals surface area contributed by atoms with Crippen LogP contribution in [0.1, 0.15) is 20.3 Å². The monoisotopic (exact) mass is 201 g/mol.